The van der Waals surface area contributed by atoms with Crippen LogP contribution in [0.4, 0.5) is 5.69 Å². The number of benzene rings is 3. The molecule has 0 saturated carbocycles. The van der Waals surface area contributed by atoms with Crippen LogP contribution in [0.1, 0.15) is 59.4 Å². The van der Waals surface area contributed by atoms with E-state index < -0.39 is 5.60 Å². The van der Waals surface area contributed by atoms with Gasteiger partial charge in [-0.1, -0.05) is 42.5 Å². The zero-order valence-corrected chi connectivity index (χ0v) is 21.9. The van der Waals surface area contributed by atoms with Crippen molar-refractivity contribution in [2.75, 3.05) is 32.2 Å². The van der Waals surface area contributed by atoms with Crippen LogP contribution in [0.15, 0.2) is 66.7 Å². The smallest absolute Gasteiger partial charge is 0.159 e. The predicted molar refractivity (Wildman–Crippen MR) is 145 cm³/mol. The summed E-state index contributed by atoms with van der Waals surface area (Å²) in [6.45, 7) is 2.52. The summed E-state index contributed by atoms with van der Waals surface area (Å²) in [5.41, 5.74) is 7.19. The third-order valence-electron chi connectivity index (χ3n) is 8.84. The number of nitrogens with zero attached hydrogens (tertiary/aromatic N) is 1. The second-order valence-electron chi connectivity index (χ2n) is 10.8. The first-order valence-corrected chi connectivity index (χ1v) is 13.6. The molecule has 2 heterocycles. The molecule has 0 amide bonds. The molecule has 0 aromatic heterocycles. The van der Waals surface area contributed by atoms with E-state index >= 15 is 0 Å². The molecule has 1 aliphatic carbocycles. The molecule has 3 aromatic carbocycles. The first kappa shape index (κ1) is 24.5. The van der Waals surface area contributed by atoms with Gasteiger partial charge in [-0.25, -0.2) is 0 Å². The summed E-state index contributed by atoms with van der Waals surface area (Å²) >= 11 is 0. The van der Waals surface area contributed by atoms with Crippen molar-refractivity contribution in [1.82, 2.24) is 0 Å². The first-order chi connectivity index (χ1) is 18.1. The fourth-order valence-electron chi connectivity index (χ4n) is 7.05. The van der Waals surface area contributed by atoms with Crippen LogP contribution in [-0.4, -0.2) is 38.7 Å². The molecule has 6 rings (SSSR count). The predicted octanol–water partition coefficient (Wildman–Crippen LogP) is 6.12. The topological polar surface area (TPSA) is 51.2 Å². The molecule has 194 valence electrons. The SMILES string of the molecule is COC(OC)C1CCN(c2ccc([C@@H]3c4ccc(O)cc4CO[C@@]34CCCc3ccccc34)cc2)CC1. The van der Waals surface area contributed by atoms with Crippen molar-refractivity contribution < 1.29 is 19.3 Å². The first-order valence-electron chi connectivity index (χ1n) is 13.6. The van der Waals surface area contributed by atoms with Crippen molar-refractivity contribution in [1.29, 1.82) is 0 Å². The van der Waals surface area contributed by atoms with Crippen molar-refractivity contribution in [2.45, 2.75) is 56.5 Å². The number of anilines is 1. The van der Waals surface area contributed by atoms with Gasteiger partial charge in [0, 0.05) is 44.8 Å². The lowest BCUT2D eigenvalue weighted by Crippen LogP contribution is -2.43. The molecule has 5 nitrogen and oxygen atoms in total. The molecule has 1 fully saturated rings. The minimum Gasteiger partial charge on any atom is -0.508 e. The van der Waals surface area contributed by atoms with Crippen LogP contribution in [-0.2, 0) is 32.8 Å². The van der Waals surface area contributed by atoms with Gasteiger partial charge in [-0.15, -0.1) is 0 Å². The second kappa shape index (κ2) is 10.1. The number of piperidine rings is 1. The molecule has 2 atom stereocenters. The third-order valence-corrected chi connectivity index (χ3v) is 8.84. The summed E-state index contributed by atoms with van der Waals surface area (Å²) in [5, 5.41) is 10.2. The number of phenols is 1. The Balaban J connectivity index is 1.33. The van der Waals surface area contributed by atoms with Crippen LogP contribution >= 0.6 is 0 Å². The zero-order valence-electron chi connectivity index (χ0n) is 21.9. The molecule has 0 bridgehead atoms. The van der Waals surface area contributed by atoms with E-state index in [0.717, 1.165) is 50.8 Å². The maximum Gasteiger partial charge on any atom is 0.159 e. The molecular weight excluding hydrogens is 462 g/mol. The lowest BCUT2D eigenvalue weighted by Gasteiger charge is -2.48. The van der Waals surface area contributed by atoms with Gasteiger partial charge in [0.25, 0.3) is 0 Å². The summed E-state index contributed by atoms with van der Waals surface area (Å²) in [5.74, 6) is 0.801. The van der Waals surface area contributed by atoms with Crippen LogP contribution in [0.2, 0.25) is 0 Å². The zero-order chi connectivity index (χ0) is 25.4. The van der Waals surface area contributed by atoms with Gasteiger partial charge in [0.1, 0.15) is 11.4 Å². The van der Waals surface area contributed by atoms with Crippen LogP contribution in [0.5, 0.6) is 5.75 Å². The van der Waals surface area contributed by atoms with Crippen molar-refractivity contribution in [3.8, 4) is 5.75 Å². The quantitative estimate of drug-likeness (QED) is 0.429. The van der Waals surface area contributed by atoms with Crippen molar-refractivity contribution >= 4 is 5.69 Å². The lowest BCUT2D eigenvalue weighted by molar-refractivity contribution is -0.141. The fraction of sp³-hybridized carbons (Fsp3) is 0.438. The van der Waals surface area contributed by atoms with E-state index in [2.05, 4.69) is 59.5 Å². The number of phenolic OH excluding ortho intramolecular Hbond substituents is 1. The van der Waals surface area contributed by atoms with Gasteiger partial charge >= 0.3 is 0 Å². The van der Waals surface area contributed by atoms with E-state index in [4.69, 9.17) is 14.2 Å². The number of ether oxygens (including phenoxy) is 3. The van der Waals surface area contributed by atoms with Gasteiger partial charge in [0.15, 0.2) is 6.29 Å². The van der Waals surface area contributed by atoms with Gasteiger partial charge in [0.05, 0.1) is 6.61 Å². The van der Waals surface area contributed by atoms with Crippen LogP contribution in [0.25, 0.3) is 0 Å². The number of aryl methyl sites for hydroxylation is 1. The summed E-state index contributed by atoms with van der Waals surface area (Å²) in [7, 11) is 3.45. The molecule has 1 spiro atoms. The standard InChI is InChI=1S/C32H37NO4/c1-35-31(36-2)24-15-18-33(19-16-24)26-11-9-23(10-12-26)30-28-14-13-27(34)20-25(28)21-37-32(30)17-5-7-22-6-3-4-8-29(22)32/h3-4,6,8-14,20,24,30-31,34H,5,7,15-19,21H2,1-2H3/t30-,32-/m1/s1. The number of hydrogen-bond acceptors (Lipinski definition) is 5. The summed E-state index contributed by atoms with van der Waals surface area (Å²) in [6, 6.07) is 23.7. The molecule has 0 unspecified atom stereocenters. The van der Waals surface area contributed by atoms with Gasteiger partial charge in [-0.3, -0.25) is 0 Å². The highest BCUT2D eigenvalue weighted by molar-refractivity contribution is 5.54. The monoisotopic (exact) mass is 499 g/mol. The minimum atomic E-state index is -0.395. The Morgan fingerprint density at radius 1 is 0.946 bits per heavy atom. The number of methoxy groups -OCH3 is 2. The Morgan fingerprint density at radius 3 is 2.46 bits per heavy atom. The van der Waals surface area contributed by atoms with Crippen molar-refractivity contribution in [3.63, 3.8) is 0 Å². The molecule has 2 aliphatic heterocycles. The van der Waals surface area contributed by atoms with Gasteiger partial charge in [-0.05, 0) is 84.2 Å². The molecule has 0 radical (unpaired) electrons. The Hall–Kier alpha value is -2.86. The van der Waals surface area contributed by atoms with Crippen LogP contribution in [0, 0.1) is 5.92 Å². The Bertz CT molecular complexity index is 1230. The maximum absolute atomic E-state index is 10.2. The van der Waals surface area contributed by atoms with Crippen molar-refractivity contribution in [2.24, 2.45) is 5.92 Å². The van der Waals surface area contributed by atoms with E-state index in [9.17, 15) is 5.11 Å². The number of rotatable bonds is 5. The molecular formula is C32H37NO4. The van der Waals surface area contributed by atoms with E-state index in [0.29, 0.717) is 18.3 Å². The average molecular weight is 500 g/mol. The third kappa shape index (κ3) is 4.33. The molecule has 1 saturated heterocycles. The Morgan fingerprint density at radius 2 is 1.70 bits per heavy atom. The van der Waals surface area contributed by atoms with Crippen molar-refractivity contribution in [3.05, 3.63) is 94.5 Å². The van der Waals surface area contributed by atoms with E-state index in [1.54, 1.807) is 14.2 Å². The summed E-state index contributed by atoms with van der Waals surface area (Å²) < 4.78 is 17.9. The lowest BCUT2D eigenvalue weighted by atomic mass is 9.65. The molecule has 5 heteroatoms. The number of hydrogen-bond donors (Lipinski definition) is 1. The largest absolute Gasteiger partial charge is 0.508 e. The highest BCUT2D eigenvalue weighted by Gasteiger charge is 2.49. The number of fused-ring (bicyclic) bond motifs is 3. The van der Waals surface area contributed by atoms with E-state index in [1.165, 1.54) is 27.9 Å². The van der Waals surface area contributed by atoms with Crippen LogP contribution in [0.3, 0.4) is 0 Å². The summed E-state index contributed by atoms with van der Waals surface area (Å²) in [6.07, 6.45) is 5.19. The molecule has 37 heavy (non-hydrogen) atoms. The average Bonchev–Trinajstić information content (AvgIpc) is 2.95. The van der Waals surface area contributed by atoms with Gasteiger partial charge in [0.2, 0.25) is 0 Å². The minimum absolute atomic E-state index is 0.0715. The molecule has 1 N–H and O–H groups in total. The Labute approximate surface area is 220 Å². The van der Waals surface area contributed by atoms with E-state index in [-0.39, 0.29) is 12.2 Å². The normalized spacial score (nSPS) is 23.8. The van der Waals surface area contributed by atoms with E-state index in [1.807, 2.05) is 12.1 Å². The van der Waals surface area contributed by atoms with Gasteiger partial charge in [-0.2, -0.15) is 0 Å². The Kier molecular flexibility index (Phi) is 6.70. The maximum atomic E-state index is 10.2. The molecule has 3 aromatic rings. The second-order valence-corrected chi connectivity index (χ2v) is 10.8. The van der Waals surface area contributed by atoms with Crippen LogP contribution < -0.4 is 4.90 Å². The summed E-state index contributed by atoms with van der Waals surface area (Å²) in [4.78, 5) is 2.47. The highest BCUT2D eigenvalue weighted by atomic mass is 16.7. The number of aromatic hydroxyl groups is 1. The van der Waals surface area contributed by atoms with Gasteiger partial charge < -0.3 is 24.2 Å². The molecule has 3 aliphatic rings. The fourth-order valence-corrected chi connectivity index (χ4v) is 7.05. The highest BCUT2D eigenvalue weighted by Crippen LogP contribution is 2.55.